The number of methoxy groups -OCH3 is 1. The summed E-state index contributed by atoms with van der Waals surface area (Å²) >= 11 is 1.56. The number of nitrogen functional groups attached to an aromatic ring is 1. The Hall–Kier alpha value is -1.50. The van der Waals surface area contributed by atoms with Crippen LogP contribution in [0.4, 0.5) is 19.0 Å². The van der Waals surface area contributed by atoms with Gasteiger partial charge in [-0.15, -0.1) is 0 Å². The maximum Gasteiger partial charge on any atom is 0.446 e. The first-order chi connectivity index (χ1) is 11.6. The molecule has 2 aromatic heterocycles. The molecule has 0 atom stereocenters. The van der Waals surface area contributed by atoms with Crippen molar-refractivity contribution in [2.24, 2.45) is 0 Å². The van der Waals surface area contributed by atoms with Gasteiger partial charge in [0.15, 0.2) is 21.1 Å². The van der Waals surface area contributed by atoms with E-state index in [2.05, 4.69) is 15.0 Å². The molecule has 0 bridgehead atoms. The highest BCUT2D eigenvalue weighted by Gasteiger charge is 2.32. The van der Waals surface area contributed by atoms with E-state index in [1.807, 2.05) is 36.4 Å². The zero-order valence-electron chi connectivity index (χ0n) is 13.4. The van der Waals surface area contributed by atoms with Crippen LogP contribution in [0.25, 0.3) is 0 Å². The summed E-state index contributed by atoms with van der Waals surface area (Å²) in [5.74, 6) is 0.108. The maximum atomic E-state index is 12.8. The van der Waals surface area contributed by atoms with Gasteiger partial charge in [-0.1, -0.05) is 13.8 Å². The molecule has 0 aromatic carbocycles. The van der Waals surface area contributed by atoms with E-state index >= 15 is 0 Å². The summed E-state index contributed by atoms with van der Waals surface area (Å²) < 4.78 is 49.4. The molecule has 0 saturated carbocycles. The lowest BCUT2D eigenvalue weighted by Gasteiger charge is -2.17. The fourth-order valence-electron chi connectivity index (χ4n) is 1.87. The third-order valence-corrected chi connectivity index (χ3v) is 4.15. The van der Waals surface area contributed by atoms with E-state index in [0.717, 1.165) is 0 Å². The highest BCUT2D eigenvalue weighted by molar-refractivity contribution is 14.1. The Balaban J connectivity index is 2.51. The number of hydrogen-bond donors (Lipinski definition) is 1. The Labute approximate surface area is 159 Å². The molecule has 0 aliphatic rings. The Morgan fingerprint density at radius 2 is 1.92 bits per heavy atom. The Kier molecular flexibility index (Phi) is 6.19. The van der Waals surface area contributed by atoms with Gasteiger partial charge in [0, 0.05) is 28.7 Å². The van der Waals surface area contributed by atoms with Gasteiger partial charge in [0.25, 0.3) is 0 Å². The lowest BCUT2D eigenvalue weighted by atomic mass is 10.1. The number of anilines is 1. The van der Waals surface area contributed by atoms with Crippen molar-refractivity contribution in [2.75, 3.05) is 12.8 Å². The minimum Gasteiger partial charge on any atom is -0.480 e. The first-order valence-corrected chi connectivity index (χ1v) is 8.80. The zero-order chi connectivity index (χ0) is 18.8. The molecule has 0 unspecified atom stereocenters. The zero-order valence-corrected chi connectivity index (χ0v) is 16.4. The van der Waals surface area contributed by atoms with E-state index in [4.69, 9.17) is 15.2 Å². The third kappa shape index (κ3) is 5.23. The van der Waals surface area contributed by atoms with Crippen molar-refractivity contribution in [1.29, 1.82) is 0 Å². The van der Waals surface area contributed by atoms with E-state index in [1.54, 1.807) is 0 Å². The van der Waals surface area contributed by atoms with Crippen molar-refractivity contribution in [2.45, 2.75) is 30.2 Å². The summed E-state index contributed by atoms with van der Waals surface area (Å²) in [6.45, 7) is 3.66. The summed E-state index contributed by atoms with van der Waals surface area (Å²) in [6, 6.07) is 1.23. The van der Waals surface area contributed by atoms with Crippen LogP contribution < -0.4 is 15.2 Å². The molecule has 0 aliphatic carbocycles. The van der Waals surface area contributed by atoms with Crippen molar-refractivity contribution in [3.63, 3.8) is 0 Å². The van der Waals surface area contributed by atoms with Crippen LogP contribution in [0.5, 0.6) is 17.4 Å². The minimum atomic E-state index is -4.49. The van der Waals surface area contributed by atoms with Crippen LogP contribution >= 0.6 is 34.4 Å². The predicted octanol–water partition coefficient (Wildman–Crippen LogP) is 4.59. The van der Waals surface area contributed by atoms with Gasteiger partial charge in [0.05, 0.1) is 23.9 Å². The van der Waals surface area contributed by atoms with Gasteiger partial charge >= 0.3 is 5.51 Å². The first kappa shape index (κ1) is 19.8. The number of hydrogen-bond acceptors (Lipinski definition) is 7. The number of rotatable bonds is 5. The molecule has 11 heteroatoms. The molecule has 2 N–H and O–H groups in total. The van der Waals surface area contributed by atoms with Gasteiger partial charge in [-0.05, 0) is 17.7 Å². The molecule has 0 amide bonds. The van der Waals surface area contributed by atoms with E-state index in [1.165, 1.54) is 19.4 Å². The Morgan fingerprint density at radius 1 is 1.24 bits per heavy atom. The van der Waals surface area contributed by atoms with Gasteiger partial charge in [-0.3, -0.25) is 0 Å². The Morgan fingerprint density at radius 3 is 2.44 bits per heavy atom. The minimum absolute atomic E-state index is 0.0787. The lowest BCUT2D eigenvalue weighted by molar-refractivity contribution is -0.0329. The van der Waals surface area contributed by atoms with E-state index in [0.29, 0.717) is 9.53 Å². The summed E-state index contributed by atoms with van der Waals surface area (Å²) in [6.07, 6.45) is 1.36. The van der Waals surface area contributed by atoms with Crippen LogP contribution in [-0.4, -0.2) is 27.6 Å². The van der Waals surface area contributed by atoms with Crippen molar-refractivity contribution < 1.29 is 22.6 Å². The molecule has 0 saturated heterocycles. The second-order valence-corrected chi connectivity index (χ2v) is 7.14. The molecule has 136 valence electrons. The first-order valence-electron chi connectivity index (χ1n) is 6.91. The quantitative estimate of drug-likeness (QED) is 0.376. The fourth-order valence-corrected chi connectivity index (χ4v) is 2.90. The van der Waals surface area contributed by atoms with Gasteiger partial charge in [0.2, 0.25) is 5.88 Å². The number of thioether (sulfide) groups is 1. The second kappa shape index (κ2) is 7.81. The Bertz CT molecular complexity index is 774. The molecule has 6 nitrogen and oxygen atoms in total. The molecule has 0 spiro atoms. The van der Waals surface area contributed by atoms with Crippen LogP contribution in [0.1, 0.15) is 25.5 Å². The van der Waals surface area contributed by atoms with Crippen molar-refractivity contribution in [3.05, 3.63) is 21.8 Å². The largest absolute Gasteiger partial charge is 0.480 e. The molecule has 25 heavy (non-hydrogen) atoms. The number of aromatic nitrogens is 3. The van der Waals surface area contributed by atoms with Crippen molar-refractivity contribution >= 4 is 40.2 Å². The number of ether oxygens (including phenoxy) is 2. The SMILES string of the molecule is COc1nc(C(C)C)c(Oc2cnc(I)nc2N)cc1SC(F)(F)F. The van der Waals surface area contributed by atoms with Crippen molar-refractivity contribution in [3.8, 4) is 17.4 Å². The monoisotopic (exact) mass is 486 g/mol. The van der Waals surface area contributed by atoms with Crippen LogP contribution in [-0.2, 0) is 0 Å². The molecular weight excluding hydrogens is 472 g/mol. The normalized spacial score (nSPS) is 11.7. The van der Waals surface area contributed by atoms with Crippen LogP contribution in [0.2, 0.25) is 0 Å². The topological polar surface area (TPSA) is 83.2 Å². The number of alkyl halides is 3. The molecule has 2 aromatic rings. The fraction of sp³-hybridized carbons (Fsp3) is 0.357. The standard InChI is InChI=1S/C14H14F3IN4O2S/c1-6(2)10-7(24-8-5-20-13(18)22-11(8)19)4-9(12(21-10)23-3)25-14(15,16)17/h4-6H,1-3H3,(H2,19,20,22). The van der Waals surface area contributed by atoms with Gasteiger partial charge < -0.3 is 15.2 Å². The average Bonchev–Trinajstić information content (AvgIpc) is 2.48. The highest BCUT2D eigenvalue weighted by Crippen LogP contribution is 2.44. The molecular formula is C14H14F3IN4O2S. The van der Waals surface area contributed by atoms with Gasteiger partial charge in [0.1, 0.15) is 0 Å². The van der Waals surface area contributed by atoms with Crippen LogP contribution in [0, 0.1) is 3.83 Å². The van der Waals surface area contributed by atoms with Gasteiger partial charge in [-0.25, -0.2) is 15.0 Å². The summed E-state index contributed by atoms with van der Waals surface area (Å²) in [7, 11) is 1.26. The van der Waals surface area contributed by atoms with Crippen molar-refractivity contribution in [1.82, 2.24) is 15.0 Å². The summed E-state index contributed by atoms with van der Waals surface area (Å²) in [5, 5.41) is 0. The molecule has 0 aliphatic heterocycles. The third-order valence-electron chi connectivity index (χ3n) is 2.89. The smallest absolute Gasteiger partial charge is 0.446 e. The van der Waals surface area contributed by atoms with Crippen LogP contribution in [0.15, 0.2) is 17.2 Å². The summed E-state index contributed by atoms with van der Waals surface area (Å²) in [5.41, 5.74) is 1.72. The molecule has 2 heterocycles. The summed E-state index contributed by atoms with van der Waals surface area (Å²) in [4.78, 5) is 11.9. The maximum absolute atomic E-state index is 12.8. The average molecular weight is 486 g/mol. The number of halogens is 4. The second-order valence-electron chi connectivity index (χ2n) is 5.07. The van der Waals surface area contributed by atoms with E-state index < -0.39 is 5.51 Å². The van der Waals surface area contributed by atoms with Gasteiger partial charge in [-0.2, -0.15) is 13.2 Å². The van der Waals surface area contributed by atoms with Crippen LogP contribution in [0.3, 0.4) is 0 Å². The number of pyridine rings is 1. The van der Waals surface area contributed by atoms with E-state index in [-0.39, 0.29) is 45.8 Å². The lowest BCUT2D eigenvalue weighted by Crippen LogP contribution is -2.06. The number of nitrogens with two attached hydrogens (primary N) is 1. The highest BCUT2D eigenvalue weighted by atomic mass is 127. The molecule has 0 fully saturated rings. The molecule has 0 radical (unpaired) electrons. The number of nitrogens with zero attached hydrogens (tertiary/aromatic N) is 3. The predicted molar refractivity (Wildman–Crippen MR) is 96.0 cm³/mol. The molecule has 2 rings (SSSR count). The van der Waals surface area contributed by atoms with E-state index in [9.17, 15) is 13.2 Å².